The van der Waals surface area contributed by atoms with E-state index in [-0.39, 0.29) is 18.7 Å². The number of carbonyl (C=O) groups is 1. The summed E-state index contributed by atoms with van der Waals surface area (Å²) in [6.45, 7) is 3.43. The highest BCUT2D eigenvalue weighted by molar-refractivity contribution is 6.08. The molecule has 1 amide bonds. The Labute approximate surface area is 225 Å². The van der Waals surface area contributed by atoms with Gasteiger partial charge in [-0.2, -0.15) is 4.98 Å². The Morgan fingerprint density at radius 3 is 2.44 bits per heavy atom. The third-order valence-electron chi connectivity index (χ3n) is 5.91. The summed E-state index contributed by atoms with van der Waals surface area (Å²) < 4.78 is 34.4. The molecule has 2 heterocycles. The fraction of sp³-hybridized carbons (Fsp3) is 0.250. The molecule has 39 heavy (non-hydrogen) atoms. The quantitative estimate of drug-likeness (QED) is 0.282. The fourth-order valence-corrected chi connectivity index (χ4v) is 4.05. The minimum Gasteiger partial charge on any atom is -0.496 e. The van der Waals surface area contributed by atoms with E-state index in [4.69, 9.17) is 28.4 Å². The van der Waals surface area contributed by atoms with Gasteiger partial charge in [-0.15, -0.1) is 5.10 Å². The smallest absolute Gasteiger partial charge is 0.336 e. The predicted molar refractivity (Wildman–Crippen MR) is 142 cm³/mol. The summed E-state index contributed by atoms with van der Waals surface area (Å²) in [4.78, 5) is 17.7. The normalized spacial score (nSPS) is 11.8. The van der Waals surface area contributed by atoms with Crippen molar-refractivity contribution in [3.8, 4) is 46.1 Å². The van der Waals surface area contributed by atoms with Crippen LogP contribution in [0.3, 0.4) is 0 Å². The summed E-state index contributed by atoms with van der Waals surface area (Å²) in [5.41, 5.74) is 2.37. The standard InChI is InChI=1S/C28H28N4O7/c1-4-36-14-15-37-28-30-26(18-8-13-21-24(16-18)39-17-38-21)32(31-28)20-11-9-19(10-12-20)29-27(33)25-22(34-2)6-5-7-23(25)35-3/h5-13,16H,4,14-15,17H2,1-3H3,(H,29,33). The first kappa shape index (κ1) is 25.9. The Kier molecular flexibility index (Phi) is 7.78. The van der Waals surface area contributed by atoms with E-state index in [1.165, 1.54) is 14.2 Å². The number of ether oxygens (including phenoxy) is 6. The van der Waals surface area contributed by atoms with Crippen molar-refractivity contribution in [1.82, 2.24) is 14.8 Å². The van der Waals surface area contributed by atoms with Crippen LogP contribution >= 0.6 is 0 Å². The second-order valence-corrected chi connectivity index (χ2v) is 8.28. The molecule has 1 aromatic heterocycles. The van der Waals surface area contributed by atoms with Gasteiger partial charge in [0.05, 0.1) is 26.5 Å². The fourth-order valence-electron chi connectivity index (χ4n) is 4.05. The van der Waals surface area contributed by atoms with Crippen LogP contribution in [-0.4, -0.2) is 61.5 Å². The lowest BCUT2D eigenvalue weighted by Gasteiger charge is -2.13. The van der Waals surface area contributed by atoms with Crippen molar-refractivity contribution in [1.29, 1.82) is 0 Å². The molecule has 3 aromatic carbocycles. The van der Waals surface area contributed by atoms with Crippen LogP contribution in [0.5, 0.6) is 29.0 Å². The molecule has 0 saturated heterocycles. The van der Waals surface area contributed by atoms with Gasteiger partial charge in [-0.1, -0.05) is 6.07 Å². The zero-order chi connectivity index (χ0) is 27.2. The van der Waals surface area contributed by atoms with Gasteiger partial charge in [-0.25, -0.2) is 4.68 Å². The van der Waals surface area contributed by atoms with Crippen LogP contribution in [0.1, 0.15) is 17.3 Å². The summed E-state index contributed by atoms with van der Waals surface area (Å²) in [5.74, 6) is 2.32. The van der Waals surface area contributed by atoms with Crippen molar-refractivity contribution in [3.05, 3.63) is 66.2 Å². The molecular weight excluding hydrogens is 504 g/mol. The minimum atomic E-state index is -0.358. The third kappa shape index (κ3) is 5.58. The van der Waals surface area contributed by atoms with Crippen molar-refractivity contribution >= 4 is 11.6 Å². The predicted octanol–water partition coefficient (Wildman–Crippen LogP) is 4.35. The number of nitrogens with one attached hydrogen (secondary N) is 1. The number of carbonyl (C=O) groups excluding carboxylic acids is 1. The van der Waals surface area contributed by atoms with Crippen molar-refractivity contribution in [2.24, 2.45) is 0 Å². The van der Waals surface area contributed by atoms with Crippen molar-refractivity contribution in [2.75, 3.05) is 46.1 Å². The van der Waals surface area contributed by atoms with Crippen LogP contribution in [-0.2, 0) is 4.74 Å². The highest BCUT2D eigenvalue weighted by Gasteiger charge is 2.21. The lowest BCUT2D eigenvalue weighted by molar-refractivity contribution is 0.102. The number of anilines is 1. The van der Waals surface area contributed by atoms with E-state index in [0.29, 0.717) is 65.6 Å². The minimum absolute atomic E-state index is 0.172. The molecule has 11 nitrogen and oxygen atoms in total. The maximum Gasteiger partial charge on any atom is 0.336 e. The molecule has 11 heteroatoms. The second kappa shape index (κ2) is 11.7. The van der Waals surface area contributed by atoms with Crippen LogP contribution in [0.15, 0.2) is 60.7 Å². The monoisotopic (exact) mass is 532 g/mol. The summed E-state index contributed by atoms with van der Waals surface area (Å²) in [7, 11) is 3.01. The average molecular weight is 533 g/mol. The Morgan fingerprint density at radius 2 is 1.72 bits per heavy atom. The summed E-state index contributed by atoms with van der Waals surface area (Å²) >= 11 is 0. The van der Waals surface area contributed by atoms with Crippen molar-refractivity contribution < 1.29 is 33.2 Å². The number of hydrogen-bond acceptors (Lipinski definition) is 9. The molecular formula is C28H28N4O7. The molecule has 202 valence electrons. The Hall–Kier alpha value is -4.77. The van der Waals surface area contributed by atoms with Crippen LogP contribution < -0.4 is 29.0 Å². The number of amides is 1. The highest BCUT2D eigenvalue weighted by atomic mass is 16.7. The molecule has 0 radical (unpaired) electrons. The molecule has 4 aromatic rings. The van der Waals surface area contributed by atoms with Gasteiger partial charge in [0.25, 0.3) is 5.91 Å². The van der Waals surface area contributed by atoms with E-state index >= 15 is 0 Å². The third-order valence-corrected chi connectivity index (χ3v) is 5.91. The Balaban J connectivity index is 1.41. The van der Waals surface area contributed by atoms with Crippen LogP contribution in [0.25, 0.3) is 17.1 Å². The lowest BCUT2D eigenvalue weighted by atomic mass is 10.1. The van der Waals surface area contributed by atoms with Gasteiger partial charge in [0.15, 0.2) is 17.3 Å². The van der Waals surface area contributed by atoms with Gasteiger partial charge in [0.2, 0.25) is 6.79 Å². The number of nitrogens with zero attached hydrogens (tertiary/aromatic N) is 3. The molecule has 0 unspecified atom stereocenters. The summed E-state index contributed by atoms with van der Waals surface area (Å²) in [5, 5.41) is 7.46. The number of benzene rings is 3. The van der Waals surface area contributed by atoms with Crippen LogP contribution in [0, 0.1) is 0 Å². The molecule has 0 spiro atoms. The van der Waals surface area contributed by atoms with Gasteiger partial charge in [0, 0.05) is 17.9 Å². The molecule has 0 atom stereocenters. The van der Waals surface area contributed by atoms with E-state index in [9.17, 15) is 4.79 Å². The van der Waals surface area contributed by atoms with Gasteiger partial charge in [-0.3, -0.25) is 4.79 Å². The Bertz CT molecular complexity index is 1430. The van der Waals surface area contributed by atoms with Crippen LogP contribution in [0.2, 0.25) is 0 Å². The van der Waals surface area contributed by atoms with Crippen molar-refractivity contribution in [2.45, 2.75) is 6.92 Å². The molecule has 0 fully saturated rings. The maximum absolute atomic E-state index is 13.1. The topological polar surface area (TPSA) is 115 Å². The molecule has 0 bridgehead atoms. The zero-order valence-corrected chi connectivity index (χ0v) is 21.8. The van der Waals surface area contributed by atoms with E-state index in [2.05, 4.69) is 15.4 Å². The van der Waals surface area contributed by atoms with E-state index < -0.39 is 0 Å². The average Bonchev–Trinajstić information content (AvgIpc) is 3.62. The number of aromatic nitrogens is 3. The molecule has 0 aliphatic carbocycles. The molecule has 1 aliphatic rings. The van der Waals surface area contributed by atoms with E-state index in [1.807, 2.05) is 37.3 Å². The van der Waals surface area contributed by atoms with Crippen molar-refractivity contribution in [3.63, 3.8) is 0 Å². The SMILES string of the molecule is CCOCCOc1nc(-c2ccc3c(c2)OCO3)n(-c2ccc(NC(=O)c3c(OC)cccc3OC)cc2)n1. The van der Waals surface area contributed by atoms with E-state index in [0.717, 1.165) is 5.56 Å². The summed E-state index contributed by atoms with van der Waals surface area (Å²) in [6, 6.07) is 18.1. The first-order chi connectivity index (χ1) is 19.1. The first-order valence-corrected chi connectivity index (χ1v) is 12.3. The van der Waals surface area contributed by atoms with Gasteiger partial charge < -0.3 is 33.7 Å². The van der Waals surface area contributed by atoms with Gasteiger partial charge in [-0.05, 0) is 61.5 Å². The molecule has 0 saturated carbocycles. The largest absolute Gasteiger partial charge is 0.496 e. The highest BCUT2D eigenvalue weighted by Crippen LogP contribution is 2.36. The maximum atomic E-state index is 13.1. The summed E-state index contributed by atoms with van der Waals surface area (Å²) in [6.07, 6.45) is 0. The lowest BCUT2D eigenvalue weighted by Crippen LogP contribution is -2.14. The molecule has 1 aliphatic heterocycles. The van der Waals surface area contributed by atoms with Gasteiger partial charge >= 0.3 is 6.01 Å². The number of fused-ring (bicyclic) bond motifs is 1. The van der Waals surface area contributed by atoms with Crippen LogP contribution in [0.4, 0.5) is 5.69 Å². The number of hydrogen-bond donors (Lipinski definition) is 1. The zero-order valence-electron chi connectivity index (χ0n) is 21.8. The molecule has 1 N–H and O–H groups in total. The number of methoxy groups -OCH3 is 2. The number of rotatable bonds is 11. The van der Waals surface area contributed by atoms with E-state index in [1.54, 1.807) is 35.0 Å². The Morgan fingerprint density at radius 1 is 0.974 bits per heavy atom. The first-order valence-electron chi connectivity index (χ1n) is 12.3. The van der Waals surface area contributed by atoms with Gasteiger partial charge in [0.1, 0.15) is 23.7 Å². The second-order valence-electron chi connectivity index (χ2n) is 8.28. The molecule has 5 rings (SSSR count).